The van der Waals surface area contributed by atoms with Crippen molar-refractivity contribution >= 4 is 35.0 Å². The third kappa shape index (κ3) is 4.05. The number of nitrogens with one attached hydrogen (secondary N) is 1. The highest BCUT2D eigenvalue weighted by Gasteiger charge is 2.19. The third-order valence-electron chi connectivity index (χ3n) is 3.73. The van der Waals surface area contributed by atoms with Gasteiger partial charge in [-0.1, -0.05) is 41.6 Å². The molecule has 1 atom stereocenters. The summed E-state index contributed by atoms with van der Waals surface area (Å²) >= 11 is 7.03. The van der Waals surface area contributed by atoms with Gasteiger partial charge in [0.25, 0.3) is 0 Å². The van der Waals surface area contributed by atoms with E-state index in [2.05, 4.69) is 15.5 Å². The van der Waals surface area contributed by atoms with Crippen molar-refractivity contribution in [3.8, 4) is 5.69 Å². The number of anilines is 1. The van der Waals surface area contributed by atoms with Crippen molar-refractivity contribution in [2.45, 2.75) is 24.3 Å². The second-order valence-corrected chi connectivity index (χ2v) is 7.36. The second-order valence-electron chi connectivity index (χ2n) is 5.65. The molecule has 2 aromatic carbocycles. The van der Waals surface area contributed by atoms with Crippen LogP contribution in [0, 0.1) is 12.7 Å². The SMILES string of the molecule is Cc1ccccc1-n1cnnc1SC(C)C(=O)Nc1ccc(F)c(Cl)c1. The van der Waals surface area contributed by atoms with Gasteiger partial charge in [0.15, 0.2) is 5.16 Å². The molecule has 26 heavy (non-hydrogen) atoms. The minimum atomic E-state index is -0.529. The number of hydrogen-bond acceptors (Lipinski definition) is 4. The lowest BCUT2D eigenvalue weighted by Crippen LogP contribution is -2.22. The van der Waals surface area contributed by atoms with E-state index in [4.69, 9.17) is 11.6 Å². The lowest BCUT2D eigenvalue weighted by Gasteiger charge is -2.13. The van der Waals surface area contributed by atoms with Gasteiger partial charge >= 0.3 is 0 Å². The fourth-order valence-electron chi connectivity index (χ4n) is 2.33. The van der Waals surface area contributed by atoms with Gasteiger partial charge in [-0.3, -0.25) is 9.36 Å². The Balaban J connectivity index is 1.73. The number of nitrogens with zero attached hydrogens (tertiary/aromatic N) is 3. The third-order valence-corrected chi connectivity index (χ3v) is 5.08. The van der Waals surface area contributed by atoms with Crippen molar-refractivity contribution in [3.05, 3.63) is 65.2 Å². The van der Waals surface area contributed by atoms with Crippen LogP contribution < -0.4 is 5.32 Å². The fraction of sp³-hybridized carbons (Fsp3) is 0.167. The largest absolute Gasteiger partial charge is 0.325 e. The Morgan fingerprint density at radius 2 is 2.08 bits per heavy atom. The molecule has 0 saturated heterocycles. The maximum absolute atomic E-state index is 13.2. The normalized spacial score (nSPS) is 12.0. The summed E-state index contributed by atoms with van der Waals surface area (Å²) < 4.78 is 15.1. The predicted octanol–water partition coefficient (Wildman–Crippen LogP) is 4.49. The molecule has 1 unspecified atom stereocenters. The smallest absolute Gasteiger partial charge is 0.237 e. The molecule has 1 amide bonds. The van der Waals surface area contributed by atoms with Crippen LogP contribution in [0.5, 0.6) is 0 Å². The Kier molecular flexibility index (Phi) is 5.58. The molecule has 1 N–H and O–H groups in total. The molecule has 0 bridgehead atoms. The van der Waals surface area contributed by atoms with Gasteiger partial charge in [-0.25, -0.2) is 4.39 Å². The molecule has 3 rings (SSSR count). The topological polar surface area (TPSA) is 59.8 Å². The monoisotopic (exact) mass is 390 g/mol. The lowest BCUT2D eigenvalue weighted by molar-refractivity contribution is -0.115. The standard InChI is InChI=1S/C18H16ClFN4OS/c1-11-5-3-4-6-16(11)24-10-21-23-18(24)26-12(2)17(25)22-13-7-8-15(20)14(19)9-13/h3-10,12H,1-2H3,(H,22,25). The first-order chi connectivity index (χ1) is 12.5. The maximum Gasteiger partial charge on any atom is 0.237 e. The molecule has 5 nitrogen and oxygen atoms in total. The fourth-order valence-corrected chi connectivity index (χ4v) is 3.35. The molecule has 0 radical (unpaired) electrons. The number of benzene rings is 2. The van der Waals surface area contributed by atoms with Gasteiger partial charge < -0.3 is 5.32 Å². The molecule has 8 heteroatoms. The molecule has 0 aliphatic heterocycles. The minimum absolute atomic E-state index is 0.0394. The van der Waals surface area contributed by atoms with Crippen LogP contribution in [-0.2, 0) is 4.79 Å². The van der Waals surface area contributed by atoms with Crippen LogP contribution in [0.4, 0.5) is 10.1 Å². The van der Waals surface area contributed by atoms with Crippen LogP contribution in [0.25, 0.3) is 5.69 Å². The summed E-state index contributed by atoms with van der Waals surface area (Å²) in [7, 11) is 0. The summed E-state index contributed by atoms with van der Waals surface area (Å²) in [5, 5.41) is 10.9. The van der Waals surface area contributed by atoms with Crippen LogP contribution in [0.3, 0.4) is 0 Å². The van der Waals surface area contributed by atoms with E-state index in [1.54, 1.807) is 13.3 Å². The van der Waals surface area contributed by atoms with Crippen molar-refractivity contribution < 1.29 is 9.18 Å². The van der Waals surface area contributed by atoms with E-state index in [1.807, 2.05) is 35.8 Å². The number of thioether (sulfide) groups is 1. The van der Waals surface area contributed by atoms with Gasteiger partial charge in [0, 0.05) is 5.69 Å². The van der Waals surface area contributed by atoms with E-state index in [1.165, 1.54) is 30.0 Å². The van der Waals surface area contributed by atoms with E-state index in [9.17, 15) is 9.18 Å². The number of amides is 1. The quantitative estimate of drug-likeness (QED) is 0.652. The van der Waals surface area contributed by atoms with E-state index in [-0.39, 0.29) is 10.9 Å². The van der Waals surface area contributed by atoms with E-state index < -0.39 is 11.1 Å². The van der Waals surface area contributed by atoms with Crippen molar-refractivity contribution in [3.63, 3.8) is 0 Å². The molecule has 0 aliphatic rings. The molecule has 0 saturated carbocycles. The molecule has 1 aromatic heterocycles. The van der Waals surface area contributed by atoms with Crippen LogP contribution in [0.15, 0.2) is 53.9 Å². The van der Waals surface area contributed by atoms with Gasteiger partial charge in [0.2, 0.25) is 5.91 Å². The van der Waals surface area contributed by atoms with E-state index in [0.717, 1.165) is 11.3 Å². The minimum Gasteiger partial charge on any atom is -0.325 e. The maximum atomic E-state index is 13.2. The summed E-state index contributed by atoms with van der Waals surface area (Å²) in [6, 6.07) is 11.9. The van der Waals surface area contributed by atoms with Gasteiger partial charge in [-0.2, -0.15) is 0 Å². The number of rotatable bonds is 5. The molecule has 1 heterocycles. The average Bonchev–Trinajstić information content (AvgIpc) is 3.06. The molecule has 0 aliphatic carbocycles. The van der Waals surface area contributed by atoms with Crippen LogP contribution in [0.2, 0.25) is 5.02 Å². The van der Waals surface area contributed by atoms with E-state index >= 15 is 0 Å². The number of halogens is 2. The Morgan fingerprint density at radius 1 is 1.31 bits per heavy atom. The highest BCUT2D eigenvalue weighted by atomic mass is 35.5. The van der Waals surface area contributed by atoms with Crippen LogP contribution in [0.1, 0.15) is 12.5 Å². The summed E-state index contributed by atoms with van der Waals surface area (Å²) in [5.74, 6) is -0.768. The molecular formula is C18H16ClFN4OS. The van der Waals surface area contributed by atoms with Crippen molar-refractivity contribution in [2.75, 3.05) is 5.32 Å². The first-order valence-electron chi connectivity index (χ1n) is 7.84. The summed E-state index contributed by atoms with van der Waals surface area (Å²) in [6.07, 6.45) is 1.62. The first kappa shape index (κ1) is 18.4. The number of aryl methyl sites for hydroxylation is 1. The van der Waals surface area contributed by atoms with Crippen LogP contribution in [-0.4, -0.2) is 25.9 Å². The number of aromatic nitrogens is 3. The summed E-state index contributed by atoms with van der Waals surface area (Å²) in [4.78, 5) is 12.4. The number of carbonyl (C=O) groups is 1. The molecule has 0 spiro atoms. The zero-order valence-electron chi connectivity index (χ0n) is 14.1. The van der Waals surface area contributed by atoms with E-state index in [0.29, 0.717) is 10.8 Å². The van der Waals surface area contributed by atoms with Gasteiger partial charge in [0.05, 0.1) is 16.0 Å². The second kappa shape index (κ2) is 7.88. The average molecular weight is 391 g/mol. The highest BCUT2D eigenvalue weighted by molar-refractivity contribution is 8.00. The molecule has 0 fully saturated rings. The highest BCUT2D eigenvalue weighted by Crippen LogP contribution is 2.26. The summed E-state index contributed by atoms with van der Waals surface area (Å²) in [6.45, 7) is 3.76. The molecule has 134 valence electrons. The van der Waals surface area contributed by atoms with Crippen molar-refractivity contribution in [1.29, 1.82) is 0 Å². The van der Waals surface area contributed by atoms with Crippen molar-refractivity contribution in [2.24, 2.45) is 0 Å². The summed E-state index contributed by atoms with van der Waals surface area (Å²) in [5.41, 5.74) is 2.47. The predicted molar refractivity (Wildman–Crippen MR) is 101 cm³/mol. The first-order valence-corrected chi connectivity index (χ1v) is 9.10. The van der Waals surface area contributed by atoms with Crippen LogP contribution >= 0.6 is 23.4 Å². The zero-order valence-corrected chi connectivity index (χ0v) is 15.7. The number of para-hydroxylation sites is 1. The van der Waals surface area contributed by atoms with Crippen molar-refractivity contribution in [1.82, 2.24) is 14.8 Å². The zero-order chi connectivity index (χ0) is 18.7. The van der Waals surface area contributed by atoms with Gasteiger partial charge in [-0.15, -0.1) is 10.2 Å². The molecular weight excluding hydrogens is 375 g/mol. The van der Waals surface area contributed by atoms with Gasteiger partial charge in [0.1, 0.15) is 12.1 Å². The Hall–Kier alpha value is -2.38. The lowest BCUT2D eigenvalue weighted by atomic mass is 10.2. The number of hydrogen-bond donors (Lipinski definition) is 1. The van der Waals surface area contributed by atoms with Gasteiger partial charge in [-0.05, 0) is 43.7 Å². The number of carbonyl (C=O) groups excluding carboxylic acids is 1. The Labute approximate surface area is 159 Å². The Bertz CT molecular complexity index is 946. The molecule has 3 aromatic rings. The Morgan fingerprint density at radius 3 is 2.81 bits per heavy atom.